The number of fused-ring (bicyclic) bond motifs is 1. The van der Waals surface area contributed by atoms with E-state index in [1.54, 1.807) is 0 Å². The normalized spacial score (nSPS) is 12.1. The van der Waals surface area contributed by atoms with Gasteiger partial charge in [0.2, 0.25) is 0 Å². The molecule has 0 aliphatic heterocycles. The molecule has 0 saturated carbocycles. The van der Waals surface area contributed by atoms with Gasteiger partial charge in [0.15, 0.2) is 0 Å². The maximum atomic E-state index is 11.2. The second-order valence-corrected chi connectivity index (χ2v) is 6.28. The molecule has 2 aromatic heterocycles. The van der Waals surface area contributed by atoms with Gasteiger partial charge >= 0.3 is 0 Å². The second kappa shape index (κ2) is 3.04. The number of H-pyrrole nitrogens is 1. The third-order valence-corrected chi connectivity index (χ3v) is 4.67. The van der Waals surface area contributed by atoms with Gasteiger partial charge in [0, 0.05) is 10.7 Å². The maximum Gasteiger partial charge on any atom is 0.270 e. The van der Waals surface area contributed by atoms with Crippen molar-refractivity contribution in [1.82, 2.24) is 9.97 Å². The van der Waals surface area contributed by atoms with Gasteiger partial charge in [0.25, 0.3) is 14.6 Å². The van der Waals surface area contributed by atoms with Gasteiger partial charge in [-0.2, -0.15) is 0 Å². The van der Waals surface area contributed by atoms with Crippen molar-refractivity contribution in [3.8, 4) is 0 Å². The molecule has 5 nitrogen and oxygen atoms in total. The van der Waals surface area contributed by atoms with E-state index in [2.05, 4.69) is 9.97 Å². The van der Waals surface area contributed by atoms with Crippen LogP contribution in [0.4, 0.5) is 0 Å². The van der Waals surface area contributed by atoms with E-state index in [9.17, 15) is 13.2 Å². The molecule has 1 N–H and O–H groups in total. The number of rotatable bonds is 1. The minimum atomic E-state index is -3.78. The Balaban J connectivity index is 2.88. The summed E-state index contributed by atoms with van der Waals surface area (Å²) in [5.74, 6) is 0. The molecule has 74 valence electrons. The summed E-state index contributed by atoms with van der Waals surface area (Å²) in [7, 11) is 1.34. The molecule has 0 atom stereocenters. The summed E-state index contributed by atoms with van der Waals surface area (Å²) in [6, 6.07) is 1.22. The Morgan fingerprint density at radius 1 is 1.50 bits per heavy atom. The Morgan fingerprint density at radius 3 is 2.79 bits per heavy atom. The Hall–Kier alpha value is -0.920. The molecule has 0 aliphatic carbocycles. The standard InChI is InChI=1S/C6H3ClN2O3S2/c7-14(11,12)4-1-3-5(10)8-2-9-6(3)13-4/h1-2H,(H,8,9,10). The zero-order valence-electron chi connectivity index (χ0n) is 6.52. The molecule has 2 aromatic rings. The SMILES string of the molecule is O=c1[nH]cnc2sc(S(=O)(=O)Cl)cc12. The first-order chi connectivity index (χ1) is 6.48. The Bertz CT molecular complexity index is 642. The van der Waals surface area contributed by atoms with Gasteiger partial charge in [0.1, 0.15) is 9.04 Å². The molecular formula is C6H3ClN2O3S2. The zero-order chi connectivity index (χ0) is 10.3. The summed E-state index contributed by atoms with van der Waals surface area (Å²) in [4.78, 5) is 17.7. The number of hydrogen-bond donors (Lipinski definition) is 1. The van der Waals surface area contributed by atoms with Crippen molar-refractivity contribution in [3.63, 3.8) is 0 Å². The minimum absolute atomic E-state index is 0.0710. The van der Waals surface area contributed by atoms with Crippen LogP contribution in [0, 0.1) is 0 Å². The van der Waals surface area contributed by atoms with E-state index in [-0.39, 0.29) is 15.2 Å². The molecule has 0 bridgehead atoms. The van der Waals surface area contributed by atoms with Gasteiger partial charge in [-0.05, 0) is 6.07 Å². The topological polar surface area (TPSA) is 79.9 Å². The summed E-state index contributed by atoms with van der Waals surface area (Å²) in [6.07, 6.45) is 1.21. The van der Waals surface area contributed by atoms with Gasteiger partial charge in [-0.15, -0.1) is 11.3 Å². The number of aromatic nitrogens is 2. The van der Waals surface area contributed by atoms with Crippen LogP contribution in [0.25, 0.3) is 10.2 Å². The number of nitrogens with zero attached hydrogens (tertiary/aromatic N) is 1. The monoisotopic (exact) mass is 250 g/mol. The Morgan fingerprint density at radius 2 is 2.21 bits per heavy atom. The van der Waals surface area contributed by atoms with E-state index in [0.29, 0.717) is 4.83 Å². The Kier molecular flexibility index (Phi) is 2.09. The lowest BCUT2D eigenvalue weighted by Crippen LogP contribution is -2.03. The van der Waals surface area contributed by atoms with Crippen molar-refractivity contribution in [1.29, 1.82) is 0 Å². The van der Waals surface area contributed by atoms with E-state index in [4.69, 9.17) is 10.7 Å². The molecule has 2 heterocycles. The number of thiophene rings is 1. The number of hydrogen-bond acceptors (Lipinski definition) is 5. The van der Waals surface area contributed by atoms with Crippen molar-refractivity contribution in [2.45, 2.75) is 4.21 Å². The molecule has 0 aromatic carbocycles. The van der Waals surface area contributed by atoms with E-state index in [1.807, 2.05) is 0 Å². The molecule has 2 rings (SSSR count). The first-order valence-corrected chi connectivity index (χ1v) is 6.53. The highest BCUT2D eigenvalue weighted by Crippen LogP contribution is 2.27. The predicted molar refractivity (Wildman–Crippen MR) is 53.3 cm³/mol. The molecule has 0 radical (unpaired) electrons. The lowest BCUT2D eigenvalue weighted by Gasteiger charge is -1.83. The van der Waals surface area contributed by atoms with Gasteiger partial charge in [-0.1, -0.05) is 0 Å². The minimum Gasteiger partial charge on any atom is -0.313 e. The summed E-state index contributed by atoms with van der Waals surface area (Å²) in [6.45, 7) is 0. The lowest BCUT2D eigenvalue weighted by atomic mass is 10.4. The van der Waals surface area contributed by atoms with Gasteiger partial charge < -0.3 is 4.98 Å². The third-order valence-electron chi connectivity index (χ3n) is 1.55. The predicted octanol–water partition coefficient (Wildman–Crippen LogP) is 0.912. The average Bonchev–Trinajstić information content (AvgIpc) is 2.48. The van der Waals surface area contributed by atoms with Crippen molar-refractivity contribution in [2.24, 2.45) is 0 Å². The van der Waals surface area contributed by atoms with Crippen molar-refractivity contribution in [3.05, 3.63) is 22.7 Å². The lowest BCUT2D eigenvalue weighted by molar-refractivity contribution is 0.611. The van der Waals surface area contributed by atoms with Crippen molar-refractivity contribution in [2.75, 3.05) is 0 Å². The third kappa shape index (κ3) is 1.54. The highest BCUT2D eigenvalue weighted by atomic mass is 35.7. The first-order valence-electron chi connectivity index (χ1n) is 3.40. The van der Waals surface area contributed by atoms with E-state index < -0.39 is 9.05 Å². The number of aromatic amines is 1. The summed E-state index contributed by atoms with van der Waals surface area (Å²) in [5.41, 5.74) is -0.377. The first kappa shape index (κ1) is 9.63. The zero-order valence-corrected chi connectivity index (χ0v) is 8.91. The van der Waals surface area contributed by atoms with Gasteiger partial charge in [-0.3, -0.25) is 4.79 Å². The van der Waals surface area contributed by atoms with Crippen LogP contribution in [0.3, 0.4) is 0 Å². The molecule has 0 saturated heterocycles. The number of nitrogens with one attached hydrogen (secondary N) is 1. The highest BCUT2D eigenvalue weighted by Gasteiger charge is 2.15. The Labute approximate surface area is 86.8 Å². The largest absolute Gasteiger partial charge is 0.313 e. The number of halogens is 1. The van der Waals surface area contributed by atoms with E-state index in [1.165, 1.54) is 12.4 Å². The van der Waals surface area contributed by atoms with Crippen molar-refractivity contribution < 1.29 is 8.42 Å². The molecular weight excluding hydrogens is 248 g/mol. The molecule has 0 fully saturated rings. The van der Waals surface area contributed by atoms with Crippen LogP contribution in [-0.2, 0) is 9.05 Å². The molecule has 0 spiro atoms. The van der Waals surface area contributed by atoms with Crippen LogP contribution in [0.2, 0.25) is 0 Å². The molecule has 0 amide bonds. The molecule has 8 heteroatoms. The van der Waals surface area contributed by atoms with Gasteiger partial charge in [0.05, 0.1) is 11.7 Å². The van der Waals surface area contributed by atoms with Crippen LogP contribution in [-0.4, -0.2) is 18.4 Å². The van der Waals surface area contributed by atoms with E-state index >= 15 is 0 Å². The van der Waals surface area contributed by atoms with Crippen LogP contribution in [0.1, 0.15) is 0 Å². The molecule has 0 unspecified atom stereocenters. The van der Waals surface area contributed by atoms with E-state index in [0.717, 1.165) is 11.3 Å². The average molecular weight is 251 g/mol. The van der Waals surface area contributed by atoms with Crippen LogP contribution in [0.5, 0.6) is 0 Å². The van der Waals surface area contributed by atoms with Crippen LogP contribution < -0.4 is 5.56 Å². The van der Waals surface area contributed by atoms with Crippen LogP contribution in [0.15, 0.2) is 21.4 Å². The van der Waals surface area contributed by atoms with Gasteiger partial charge in [-0.25, -0.2) is 13.4 Å². The molecule has 14 heavy (non-hydrogen) atoms. The highest BCUT2D eigenvalue weighted by molar-refractivity contribution is 8.15. The fourth-order valence-corrected chi connectivity index (χ4v) is 3.01. The smallest absolute Gasteiger partial charge is 0.270 e. The fraction of sp³-hybridized carbons (Fsp3) is 0. The molecule has 0 aliphatic rings. The second-order valence-electron chi connectivity index (χ2n) is 2.45. The van der Waals surface area contributed by atoms with Crippen molar-refractivity contribution >= 4 is 41.3 Å². The quantitative estimate of drug-likeness (QED) is 0.763. The summed E-state index contributed by atoms with van der Waals surface area (Å²) < 4.78 is 21.8. The summed E-state index contributed by atoms with van der Waals surface area (Å²) in [5, 5.41) is 0.233. The maximum absolute atomic E-state index is 11.2. The fourth-order valence-electron chi connectivity index (χ4n) is 0.965. The van der Waals surface area contributed by atoms with Crippen LogP contribution >= 0.6 is 22.0 Å². The summed E-state index contributed by atoms with van der Waals surface area (Å²) >= 11 is 0.867.